The van der Waals surface area contributed by atoms with Gasteiger partial charge in [0.2, 0.25) is 10.9 Å². The fourth-order valence-electron chi connectivity index (χ4n) is 5.58. The molecular weight excluding hydrogens is 929 g/mol. The third kappa shape index (κ3) is 20.8. The van der Waals surface area contributed by atoms with Crippen molar-refractivity contribution in [2.75, 3.05) is 44.1 Å². The van der Waals surface area contributed by atoms with E-state index in [1.54, 1.807) is 77.1 Å². The summed E-state index contributed by atoms with van der Waals surface area (Å²) in [7, 11) is 0. The number of benzene rings is 4. The van der Waals surface area contributed by atoms with E-state index in [-0.39, 0.29) is 67.3 Å². The van der Waals surface area contributed by atoms with Gasteiger partial charge in [-0.25, -0.2) is 24.0 Å². The largest absolute Gasteiger partial charge is 0.500 e. The van der Waals surface area contributed by atoms with Crippen LogP contribution in [-0.4, -0.2) is 83.7 Å². The Morgan fingerprint density at radius 2 is 1.00 bits per heavy atom. The highest BCUT2D eigenvalue weighted by atomic mass is 16.6. The van der Waals surface area contributed by atoms with Gasteiger partial charge in [-0.15, -0.1) is 0 Å². The molecule has 6 N–H and O–H groups in total. The van der Waals surface area contributed by atoms with Gasteiger partial charge in [0.05, 0.1) is 33.0 Å². The molecule has 0 atom stereocenters. The van der Waals surface area contributed by atoms with Gasteiger partial charge in [-0.3, -0.25) is 14.4 Å². The number of esters is 4. The number of para-hydroxylation sites is 4. The molecule has 2 heterocycles. The average Bonchev–Trinajstić information content (AvgIpc) is 3.36. The van der Waals surface area contributed by atoms with Crippen LogP contribution in [-0.2, 0) is 42.9 Å². The molecule has 0 saturated carbocycles. The van der Waals surface area contributed by atoms with Crippen molar-refractivity contribution < 1.29 is 57.6 Å². The predicted octanol–water partition coefficient (Wildman–Crippen LogP) is 8.78. The molecule has 0 fully saturated rings. The summed E-state index contributed by atoms with van der Waals surface area (Å²) in [6.07, 6.45) is 6.12. The standard InChI is InChI=1S/C14H17NO4.C12H11NO3.C11H18O4.C10H7NO3.C6H7N.CH4/c1-3-18-13(16)12(14(17)19-4-2)10-15-11-8-6-5-7-9-11;1-2-16-12(15)9-7-13-10-6-4-3-5-8(10)11(9)14;1-4-7-10(12)9(8-14-5-2)11(13)15-6-3;12-9-6-3-1-2-4-8(6)11-5-7(9)10(13)14;7-6-4-2-1-3-5-6;/h5-10,15H,3-4H2,1-2H3;3-7H,2H2,1H3,(H,13,14);8H,4-7H2,1-3H3;1-5H,(H,11,12)(H,13,14);1-5H,7H2;1H4/b;;9-8+;;;. The minimum atomic E-state index is -1.21. The highest BCUT2D eigenvalue weighted by Gasteiger charge is 2.21. The molecule has 384 valence electrons. The van der Waals surface area contributed by atoms with E-state index in [9.17, 15) is 38.4 Å². The van der Waals surface area contributed by atoms with Crippen LogP contribution >= 0.6 is 0 Å². The van der Waals surface area contributed by atoms with Crippen molar-refractivity contribution in [1.82, 2.24) is 9.97 Å². The maximum absolute atomic E-state index is 11.9. The van der Waals surface area contributed by atoms with E-state index in [1.807, 2.05) is 73.7 Å². The maximum atomic E-state index is 11.9. The molecule has 6 rings (SSSR count). The first-order valence-corrected chi connectivity index (χ1v) is 22.5. The SMILES string of the molecule is C.CCCC(=O)/C(=C\OCC)C(=O)OCC.CCOC(=O)C(=CNc1ccccc1)C(=O)OCC.CCOC(=O)c1c[nH]c2ccccc2c1=O.Nc1ccccc1.O=C(O)c1c[nH]c2ccccc2c1=O. The molecule has 0 bridgehead atoms. The van der Waals surface area contributed by atoms with Gasteiger partial charge in [-0.2, -0.15) is 0 Å². The summed E-state index contributed by atoms with van der Waals surface area (Å²) in [6, 6.07) is 32.5. The molecule has 18 heteroatoms. The Balaban J connectivity index is 0.000000459. The van der Waals surface area contributed by atoms with Crippen molar-refractivity contribution in [3.05, 3.63) is 177 Å². The number of pyridine rings is 2. The summed E-state index contributed by atoms with van der Waals surface area (Å²) in [6.45, 7) is 11.7. The average molecular weight is 993 g/mol. The number of aromatic amines is 2. The Bertz CT molecular complexity index is 2800. The van der Waals surface area contributed by atoms with Gasteiger partial charge in [0.25, 0.3) is 0 Å². The number of hydrogen-bond donors (Lipinski definition) is 5. The fourth-order valence-corrected chi connectivity index (χ4v) is 5.58. The lowest BCUT2D eigenvalue weighted by Crippen LogP contribution is -2.19. The van der Waals surface area contributed by atoms with E-state index in [2.05, 4.69) is 15.3 Å². The fraction of sp³-hybridized carbons (Fsp3) is 0.259. The zero-order chi connectivity index (χ0) is 52.6. The Hall–Kier alpha value is -8.80. The molecule has 0 unspecified atom stereocenters. The Labute approximate surface area is 417 Å². The number of H-pyrrole nitrogens is 2. The van der Waals surface area contributed by atoms with Gasteiger partial charge in [0.1, 0.15) is 23.0 Å². The van der Waals surface area contributed by atoms with E-state index >= 15 is 0 Å². The minimum absolute atomic E-state index is 0. The molecule has 0 aliphatic rings. The summed E-state index contributed by atoms with van der Waals surface area (Å²) in [5.74, 6) is -4.05. The normalized spacial score (nSPS) is 9.89. The van der Waals surface area contributed by atoms with Crippen LogP contribution in [0.25, 0.3) is 21.8 Å². The first-order chi connectivity index (χ1) is 34.2. The number of hydrogen-bond acceptors (Lipinski definition) is 15. The van der Waals surface area contributed by atoms with Gasteiger partial charge in [-0.05, 0) is 89.6 Å². The van der Waals surface area contributed by atoms with Gasteiger partial charge < -0.3 is 49.8 Å². The van der Waals surface area contributed by atoms with Crippen molar-refractivity contribution in [2.24, 2.45) is 0 Å². The minimum Gasteiger partial charge on any atom is -0.500 e. The molecule has 4 aromatic carbocycles. The monoisotopic (exact) mass is 992 g/mol. The summed E-state index contributed by atoms with van der Waals surface area (Å²) in [4.78, 5) is 97.5. The first-order valence-electron chi connectivity index (χ1n) is 22.5. The van der Waals surface area contributed by atoms with Gasteiger partial charge in [0.15, 0.2) is 11.4 Å². The van der Waals surface area contributed by atoms with Gasteiger partial charge >= 0.3 is 29.8 Å². The van der Waals surface area contributed by atoms with E-state index in [1.165, 1.54) is 24.9 Å². The number of carboxylic acids is 1. The van der Waals surface area contributed by atoms with E-state index in [4.69, 9.17) is 34.5 Å². The Morgan fingerprint density at radius 1 is 0.569 bits per heavy atom. The Morgan fingerprint density at radius 3 is 1.43 bits per heavy atom. The summed E-state index contributed by atoms with van der Waals surface area (Å²) in [5, 5.41) is 12.5. The third-order valence-electron chi connectivity index (χ3n) is 8.89. The molecule has 18 nitrogen and oxygen atoms in total. The number of carbonyl (C=O) groups excluding carboxylic acids is 5. The maximum Gasteiger partial charge on any atom is 0.347 e. The van der Waals surface area contributed by atoms with E-state index in [0.29, 0.717) is 41.3 Å². The van der Waals surface area contributed by atoms with Crippen molar-refractivity contribution in [3.8, 4) is 0 Å². The van der Waals surface area contributed by atoms with Crippen LogP contribution in [0.1, 0.15) is 82.5 Å². The number of nitrogens with one attached hydrogen (secondary N) is 3. The number of aromatic carboxylic acids is 1. The van der Waals surface area contributed by atoms with Crippen molar-refractivity contribution in [2.45, 2.75) is 61.8 Å². The zero-order valence-corrected chi connectivity index (χ0v) is 40.5. The highest BCUT2D eigenvalue weighted by Crippen LogP contribution is 2.11. The molecule has 6 aromatic rings. The number of nitrogens with two attached hydrogens (primary N) is 1. The first kappa shape index (κ1) is 61.2. The zero-order valence-electron chi connectivity index (χ0n) is 40.5. The molecule has 0 amide bonds. The second-order valence-electron chi connectivity index (χ2n) is 14.0. The number of anilines is 2. The van der Waals surface area contributed by atoms with Gasteiger partial charge in [-0.1, -0.05) is 75.0 Å². The van der Waals surface area contributed by atoms with Gasteiger partial charge in [0, 0.05) is 58.2 Å². The quantitative estimate of drug-likeness (QED) is 0.0115. The topological polar surface area (TPSA) is 273 Å². The molecule has 0 aliphatic heterocycles. The highest BCUT2D eigenvalue weighted by molar-refractivity contribution is 6.17. The number of carbonyl (C=O) groups is 6. The molecule has 0 radical (unpaired) electrons. The second-order valence-corrected chi connectivity index (χ2v) is 14.0. The third-order valence-corrected chi connectivity index (χ3v) is 8.89. The van der Waals surface area contributed by atoms with Crippen LogP contribution in [0.3, 0.4) is 0 Å². The van der Waals surface area contributed by atoms with Crippen molar-refractivity contribution in [3.63, 3.8) is 0 Å². The molecular formula is C54H64N4O14. The predicted molar refractivity (Wildman–Crippen MR) is 277 cm³/mol. The lowest BCUT2D eigenvalue weighted by Gasteiger charge is -2.07. The van der Waals surface area contributed by atoms with Crippen LogP contribution < -0.4 is 21.9 Å². The van der Waals surface area contributed by atoms with Crippen LogP contribution in [0, 0.1) is 0 Å². The number of carboxylic acid groups (broad SMARTS) is 1. The molecule has 0 spiro atoms. The number of aromatic nitrogens is 2. The summed E-state index contributed by atoms with van der Waals surface area (Å²) < 4.78 is 24.1. The van der Waals surface area contributed by atoms with E-state index < -0.39 is 35.3 Å². The number of nitrogen functional groups attached to an aromatic ring is 1. The van der Waals surface area contributed by atoms with Crippen LogP contribution in [0.15, 0.2) is 155 Å². The lowest BCUT2D eigenvalue weighted by molar-refractivity contribution is -0.147. The van der Waals surface area contributed by atoms with Crippen LogP contribution in [0.5, 0.6) is 0 Å². The van der Waals surface area contributed by atoms with Crippen molar-refractivity contribution in [1.29, 1.82) is 0 Å². The molecule has 0 saturated heterocycles. The summed E-state index contributed by atoms with van der Waals surface area (Å²) >= 11 is 0. The molecule has 2 aromatic heterocycles. The van der Waals surface area contributed by atoms with Crippen molar-refractivity contribution >= 4 is 68.8 Å². The number of ether oxygens (including phenoxy) is 5. The number of fused-ring (bicyclic) bond motifs is 2. The number of rotatable bonds is 16. The second kappa shape index (κ2) is 34.5. The number of Topliss-reactive ketones (excluding diaryl/α,β-unsaturated/α-hetero) is 1. The number of ketones is 1. The molecule has 0 aliphatic carbocycles. The Kier molecular flexibility index (Phi) is 29.3. The smallest absolute Gasteiger partial charge is 0.347 e. The van der Waals surface area contributed by atoms with E-state index in [0.717, 1.165) is 11.4 Å². The molecule has 72 heavy (non-hydrogen) atoms. The van der Waals surface area contributed by atoms with Crippen LogP contribution in [0.4, 0.5) is 11.4 Å². The lowest BCUT2D eigenvalue weighted by atomic mass is 10.1. The van der Waals surface area contributed by atoms with Crippen LogP contribution in [0.2, 0.25) is 0 Å². The summed E-state index contributed by atoms with van der Waals surface area (Å²) in [5.41, 5.74) is 7.19.